The highest BCUT2D eigenvalue weighted by atomic mass is 35.5. The predicted octanol–water partition coefficient (Wildman–Crippen LogP) is 2.03. The highest BCUT2D eigenvalue weighted by Gasteiger charge is 2.22. The average Bonchev–Trinajstić information content (AvgIpc) is 2.48. The van der Waals surface area contributed by atoms with Crippen molar-refractivity contribution >= 4 is 29.9 Å². The van der Waals surface area contributed by atoms with Crippen LogP contribution in [-0.4, -0.2) is 43.2 Å². The number of benzene rings is 1. The third kappa shape index (κ3) is 3.77. The lowest BCUT2D eigenvalue weighted by Crippen LogP contribution is -2.43. The molecule has 7 heteroatoms. The Kier molecular flexibility index (Phi) is 5.78. The van der Waals surface area contributed by atoms with Gasteiger partial charge in [-0.05, 0) is 30.5 Å². The van der Waals surface area contributed by atoms with Crippen LogP contribution in [0.3, 0.4) is 0 Å². The fourth-order valence-corrected chi connectivity index (χ4v) is 2.99. The van der Waals surface area contributed by atoms with E-state index in [0.717, 1.165) is 31.5 Å². The van der Waals surface area contributed by atoms with Crippen LogP contribution in [0.2, 0.25) is 5.02 Å². The number of nitrogens with zero attached hydrogens (tertiary/aromatic N) is 1. The highest BCUT2D eigenvalue weighted by Crippen LogP contribution is 2.38. The lowest BCUT2D eigenvalue weighted by molar-refractivity contribution is -0.131. The van der Waals surface area contributed by atoms with Crippen molar-refractivity contribution in [3.8, 4) is 11.5 Å². The van der Waals surface area contributed by atoms with Crippen LogP contribution in [-0.2, 0) is 11.2 Å². The Labute approximate surface area is 141 Å². The van der Waals surface area contributed by atoms with Gasteiger partial charge in [0.25, 0.3) is 0 Å². The molecule has 0 bridgehead atoms. The standard InChI is InChI=1S/C15H19ClN2O3.ClH/c16-12-7-10(8-13-15(12)21-6-5-20-13)9-14(19)18-3-1-11(17)2-4-18;/h7-8,11H,1-6,9,17H2;1H. The monoisotopic (exact) mass is 346 g/mol. The largest absolute Gasteiger partial charge is 0.486 e. The maximum Gasteiger partial charge on any atom is 0.226 e. The van der Waals surface area contributed by atoms with E-state index in [1.807, 2.05) is 11.0 Å². The van der Waals surface area contributed by atoms with Crippen molar-refractivity contribution in [1.82, 2.24) is 4.90 Å². The summed E-state index contributed by atoms with van der Waals surface area (Å²) in [5.74, 6) is 1.30. The molecule has 0 radical (unpaired) electrons. The Morgan fingerprint density at radius 3 is 2.68 bits per heavy atom. The minimum absolute atomic E-state index is 0. The molecular formula is C15H20Cl2N2O3. The number of piperidine rings is 1. The van der Waals surface area contributed by atoms with E-state index < -0.39 is 0 Å². The number of ether oxygens (including phenoxy) is 2. The lowest BCUT2D eigenvalue weighted by atomic mass is 10.0. The summed E-state index contributed by atoms with van der Waals surface area (Å²) >= 11 is 6.19. The second-order valence-corrected chi connectivity index (χ2v) is 5.90. The molecule has 5 nitrogen and oxygen atoms in total. The van der Waals surface area contributed by atoms with Crippen LogP contribution in [0.1, 0.15) is 18.4 Å². The Bertz CT molecular complexity index is 546. The molecule has 0 atom stereocenters. The average molecular weight is 347 g/mol. The lowest BCUT2D eigenvalue weighted by Gasteiger charge is -2.30. The Morgan fingerprint density at radius 2 is 1.95 bits per heavy atom. The maximum absolute atomic E-state index is 12.3. The van der Waals surface area contributed by atoms with Crippen LogP contribution in [0.15, 0.2) is 12.1 Å². The fraction of sp³-hybridized carbons (Fsp3) is 0.533. The van der Waals surface area contributed by atoms with E-state index in [1.54, 1.807) is 6.07 Å². The molecule has 0 aliphatic carbocycles. The van der Waals surface area contributed by atoms with Crippen molar-refractivity contribution in [3.63, 3.8) is 0 Å². The van der Waals surface area contributed by atoms with Gasteiger partial charge in [-0.1, -0.05) is 11.6 Å². The second-order valence-electron chi connectivity index (χ2n) is 5.50. The summed E-state index contributed by atoms with van der Waals surface area (Å²) < 4.78 is 11.0. The van der Waals surface area contributed by atoms with Crippen LogP contribution in [0.5, 0.6) is 11.5 Å². The van der Waals surface area contributed by atoms with Gasteiger partial charge in [0.1, 0.15) is 13.2 Å². The molecule has 1 fully saturated rings. The van der Waals surface area contributed by atoms with Crippen LogP contribution >= 0.6 is 24.0 Å². The van der Waals surface area contributed by atoms with Crippen molar-refractivity contribution in [1.29, 1.82) is 0 Å². The smallest absolute Gasteiger partial charge is 0.226 e. The highest BCUT2D eigenvalue weighted by molar-refractivity contribution is 6.32. The van der Waals surface area contributed by atoms with Crippen molar-refractivity contribution in [2.75, 3.05) is 26.3 Å². The minimum Gasteiger partial charge on any atom is -0.486 e. The molecule has 0 spiro atoms. The van der Waals surface area contributed by atoms with E-state index in [2.05, 4.69) is 0 Å². The van der Waals surface area contributed by atoms with Gasteiger partial charge in [0, 0.05) is 19.1 Å². The van der Waals surface area contributed by atoms with Crippen LogP contribution in [0.4, 0.5) is 0 Å². The Hall–Kier alpha value is -1.17. The molecule has 2 heterocycles. The molecule has 1 saturated heterocycles. The number of hydrogen-bond donors (Lipinski definition) is 1. The molecule has 2 aliphatic heterocycles. The van der Waals surface area contributed by atoms with Gasteiger partial charge in [-0.3, -0.25) is 4.79 Å². The zero-order valence-corrected chi connectivity index (χ0v) is 13.8. The molecule has 22 heavy (non-hydrogen) atoms. The molecule has 1 aromatic carbocycles. The van der Waals surface area contributed by atoms with E-state index in [-0.39, 0.29) is 24.4 Å². The SMILES string of the molecule is Cl.NC1CCN(C(=O)Cc2cc(Cl)c3c(c2)OCCO3)CC1. The van der Waals surface area contributed by atoms with E-state index in [9.17, 15) is 4.79 Å². The summed E-state index contributed by atoms with van der Waals surface area (Å²) in [6.07, 6.45) is 2.06. The van der Waals surface area contributed by atoms with Crippen molar-refractivity contribution in [2.45, 2.75) is 25.3 Å². The van der Waals surface area contributed by atoms with Gasteiger partial charge in [0.2, 0.25) is 5.91 Å². The molecule has 0 aromatic heterocycles. The number of rotatable bonds is 2. The first-order valence-electron chi connectivity index (χ1n) is 7.25. The van der Waals surface area contributed by atoms with Crippen molar-refractivity contribution < 1.29 is 14.3 Å². The number of hydrogen-bond acceptors (Lipinski definition) is 4. The van der Waals surface area contributed by atoms with Gasteiger partial charge in [0.05, 0.1) is 11.4 Å². The minimum atomic E-state index is 0. The molecule has 2 N–H and O–H groups in total. The first-order chi connectivity index (χ1) is 10.1. The summed E-state index contributed by atoms with van der Waals surface area (Å²) in [4.78, 5) is 14.2. The number of nitrogens with two attached hydrogens (primary N) is 1. The number of likely N-dealkylation sites (tertiary alicyclic amines) is 1. The zero-order valence-electron chi connectivity index (χ0n) is 12.2. The van der Waals surface area contributed by atoms with Crippen LogP contribution < -0.4 is 15.2 Å². The number of halogens is 2. The van der Waals surface area contributed by atoms with Crippen LogP contribution in [0.25, 0.3) is 0 Å². The second kappa shape index (κ2) is 7.40. The maximum atomic E-state index is 12.3. The summed E-state index contributed by atoms with van der Waals surface area (Å²) in [7, 11) is 0. The number of amides is 1. The fourth-order valence-electron chi connectivity index (χ4n) is 2.70. The third-order valence-electron chi connectivity index (χ3n) is 3.90. The van der Waals surface area contributed by atoms with Crippen molar-refractivity contribution in [3.05, 3.63) is 22.7 Å². The van der Waals surface area contributed by atoms with Crippen molar-refractivity contribution in [2.24, 2.45) is 5.73 Å². The molecular weight excluding hydrogens is 327 g/mol. The van der Waals surface area contributed by atoms with Gasteiger partial charge < -0.3 is 20.1 Å². The molecule has 122 valence electrons. The molecule has 2 aliphatic rings. The Morgan fingerprint density at radius 1 is 1.27 bits per heavy atom. The van der Waals surface area contributed by atoms with E-state index in [4.69, 9.17) is 26.8 Å². The molecule has 1 aromatic rings. The number of carbonyl (C=O) groups excluding carboxylic acids is 1. The van der Waals surface area contributed by atoms with E-state index in [1.165, 1.54) is 0 Å². The molecule has 0 saturated carbocycles. The summed E-state index contributed by atoms with van der Waals surface area (Å²) in [5, 5.41) is 0.496. The topological polar surface area (TPSA) is 64.8 Å². The quantitative estimate of drug-likeness (QED) is 0.889. The zero-order chi connectivity index (χ0) is 14.8. The van der Waals surface area contributed by atoms with Gasteiger partial charge in [-0.25, -0.2) is 0 Å². The normalized spacial score (nSPS) is 17.8. The van der Waals surface area contributed by atoms with E-state index >= 15 is 0 Å². The van der Waals surface area contributed by atoms with E-state index in [0.29, 0.717) is 36.2 Å². The van der Waals surface area contributed by atoms with Gasteiger partial charge in [-0.15, -0.1) is 12.4 Å². The Balaban J connectivity index is 0.00000176. The summed E-state index contributed by atoms with van der Waals surface area (Å²) in [5.41, 5.74) is 6.71. The van der Waals surface area contributed by atoms with Gasteiger partial charge in [0.15, 0.2) is 11.5 Å². The van der Waals surface area contributed by atoms with Crippen LogP contribution in [0, 0.1) is 0 Å². The van der Waals surface area contributed by atoms with Gasteiger partial charge >= 0.3 is 0 Å². The molecule has 1 amide bonds. The number of fused-ring (bicyclic) bond motifs is 1. The predicted molar refractivity (Wildman–Crippen MR) is 87.2 cm³/mol. The third-order valence-corrected chi connectivity index (χ3v) is 4.19. The first kappa shape index (κ1) is 17.2. The van der Waals surface area contributed by atoms with Gasteiger partial charge in [-0.2, -0.15) is 0 Å². The summed E-state index contributed by atoms with van der Waals surface area (Å²) in [6, 6.07) is 3.84. The molecule has 3 rings (SSSR count). The molecule has 0 unspecified atom stereocenters. The number of carbonyl (C=O) groups is 1. The first-order valence-corrected chi connectivity index (χ1v) is 7.62. The summed E-state index contributed by atoms with van der Waals surface area (Å²) in [6.45, 7) is 2.47.